The molecule has 1 amide bonds. The third-order valence-electron chi connectivity index (χ3n) is 4.23. The first kappa shape index (κ1) is 17.9. The zero-order valence-corrected chi connectivity index (χ0v) is 15.6. The van der Waals surface area contributed by atoms with Crippen LogP contribution in [0.25, 0.3) is 5.69 Å². The second-order valence-corrected chi connectivity index (χ2v) is 6.96. The zero-order chi connectivity index (χ0) is 18.7. The molecule has 0 saturated carbocycles. The highest BCUT2D eigenvalue weighted by molar-refractivity contribution is 6.04. The molecular weight excluding hydrogens is 324 g/mol. The Labute approximate surface area is 154 Å². The predicted molar refractivity (Wildman–Crippen MR) is 104 cm³/mol. The molecule has 0 aliphatic carbocycles. The molecule has 0 aliphatic heterocycles. The smallest absolute Gasteiger partial charge is 0.257 e. The fourth-order valence-electron chi connectivity index (χ4n) is 2.70. The molecule has 0 spiro atoms. The van der Waals surface area contributed by atoms with Crippen molar-refractivity contribution in [1.82, 2.24) is 14.8 Å². The van der Waals surface area contributed by atoms with Gasteiger partial charge in [-0.15, -0.1) is 0 Å². The molecule has 2 aromatic heterocycles. The molecule has 134 valence electrons. The summed E-state index contributed by atoms with van der Waals surface area (Å²) in [5.41, 5.74) is 4.53. The van der Waals surface area contributed by atoms with Gasteiger partial charge in [-0.2, -0.15) is 5.10 Å². The zero-order valence-electron chi connectivity index (χ0n) is 15.6. The minimum absolute atomic E-state index is 0.171. The summed E-state index contributed by atoms with van der Waals surface area (Å²) in [7, 11) is 0. The molecule has 5 heteroatoms. The summed E-state index contributed by atoms with van der Waals surface area (Å²) in [5, 5.41) is 7.65. The van der Waals surface area contributed by atoms with Gasteiger partial charge < -0.3 is 5.32 Å². The van der Waals surface area contributed by atoms with Gasteiger partial charge in [0.05, 0.1) is 16.9 Å². The normalized spacial score (nSPS) is 11.2. The van der Waals surface area contributed by atoms with Gasteiger partial charge in [-0.05, 0) is 54.3 Å². The molecule has 0 bridgehead atoms. The maximum Gasteiger partial charge on any atom is 0.257 e. The first-order valence-electron chi connectivity index (χ1n) is 8.87. The van der Waals surface area contributed by atoms with Gasteiger partial charge >= 0.3 is 0 Å². The number of carbonyl (C=O) groups is 1. The number of hydrogen-bond donors (Lipinski definition) is 1. The van der Waals surface area contributed by atoms with E-state index in [1.165, 1.54) is 5.69 Å². The summed E-state index contributed by atoms with van der Waals surface area (Å²) in [6, 6.07) is 13.4. The number of amides is 1. The molecule has 2 heterocycles. The Hall–Kier alpha value is -2.95. The van der Waals surface area contributed by atoms with E-state index in [-0.39, 0.29) is 5.91 Å². The van der Waals surface area contributed by atoms with Crippen LogP contribution in [0, 0.1) is 0 Å². The highest BCUT2D eigenvalue weighted by Gasteiger charge is 2.14. The summed E-state index contributed by atoms with van der Waals surface area (Å²) >= 11 is 0. The van der Waals surface area contributed by atoms with Crippen molar-refractivity contribution < 1.29 is 4.79 Å². The molecule has 3 rings (SSSR count). The van der Waals surface area contributed by atoms with Crippen molar-refractivity contribution in [2.24, 2.45) is 0 Å². The average Bonchev–Trinajstić information content (AvgIpc) is 3.09. The van der Waals surface area contributed by atoms with E-state index in [1.54, 1.807) is 24.5 Å². The van der Waals surface area contributed by atoms with Gasteiger partial charge in [0, 0.05) is 23.8 Å². The first-order chi connectivity index (χ1) is 12.5. The van der Waals surface area contributed by atoms with Crippen LogP contribution in [0.15, 0.2) is 54.9 Å². The Bertz CT molecular complexity index is 880. The van der Waals surface area contributed by atoms with Crippen LogP contribution in [0.1, 0.15) is 61.3 Å². The Morgan fingerprint density at radius 1 is 1.04 bits per heavy atom. The number of carbonyl (C=O) groups excluding carboxylic acids is 1. The molecule has 0 saturated heterocycles. The minimum atomic E-state index is -0.171. The summed E-state index contributed by atoms with van der Waals surface area (Å²) in [6.07, 6.45) is 3.20. The Morgan fingerprint density at radius 2 is 1.77 bits per heavy atom. The lowest BCUT2D eigenvalue weighted by Crippen LogP contribution is -2.12. The molecule has 0 unspecified atom stereocenters. The molecule has 0 aliphatic rings. The van der Waals surface area contributed by atoms with Gasteiger partial charge in [0.1, 0.15) is 0 Å². The quantitative estimate of drug-likeness (QED) is 0.723. The SMILES string of the molecule is CC(C)c1cc(C(C)C)n(-c2ccc(NC(=O)c3cccnc3)cc2)n1. The third kappa shape index (κ3) is 3.82. The first-order valence-corrected chi connectivity index (χ1v) is 8.87. The minimum Gasteiger partial charge on any atom is -0.322 e. The van der Waals surface area contributed by atoms with Crippen molar-refractivity contribution in [2.45, 2.75) is 39.5 Å². The summed E-state index contributed by atoms with van der Waals surface area (Å²) < 4.78 is 1.99. The van der Waals surface area contributed by atoms with Gasteiger partial charge in [-0.1, -0.05) is 27.7 Å². The Morgan fingerprint density at radius 3 is 2.35 bits per heavy atom. The number of rotatable bonds is 5. The van der Waals surface area contributed by atoms with Crippen molar-refractivity contribution in [2.75, 3.05) is 5.32 Å². The molecular formula is C21H24N4O. The van der Waals surface area contributed by atoms with Crippen molar-refractivity contribution >= 4 is 11.6 Å². The predicted octanol–water partition coefficient (Wildman–Crippen LogP) is 4.77. The van der Waals surface area contributed by atoms with Crippen molar-refractivity contribution in [1.29, 1.82) is 0 Å². The van der Waals surface area contributed by atoms with Gasteiger partial charge in [0.2, 0.25) is 0 Å². The van der Waals surface area contributed by atoms with Crippen LogP contribution in [-0.2, 0) is 0 Å². The van der Waals surface area contributed by atoms with E-state index < -0.39 is 0 Å². The van der Waals surface area contributed by atoms with Crippen LogP contribution < -0.4 is 5.32 Å². The van der Waals surface area contributed by atoms with Crippen LogP contribution in [0.2, 0.25) is 0 Å². The standard InChI is InChI=1S/C21H24N4O/c1-14(2)19-12-20(15(3)4)25(24-19)18-9-7-17(8-10-18)23-21(26)16-6-5-11-22-13-16/h5-15H,1-4H3,(H,23,26). The number of aromatic nitrogens is 3. The molecule has 5 nitrogen and oxygen atoms in total. The Kier molecular flexibility index (Phi) is 5.16. The summed E-state index contributed by atoms with van der Waals surface area (Å²) in [4.78, 5) is 16.2. The van der Waals surface area contributed by atoms with Gasteiger partial charge in [-0.3, -0.25) is 9.78 Å². The third-order valence-corrected chi connectivity index (χ3v) is 4.23. The van der Waals surface area contributed by atoms with Crippen LogP contribution >= 0.6 is 0 Å². The number of nitrogens with one attached hydrogen (secondary N) is 1. The fraction of sp³-hybridized carbons (Fsp3) is 0.286. The van der Waals surface area contributed by atoms with Gasteiger partial charge in [-0.25, -0.2) is 4.68 Å². The van der Waals surface area contributed by atoms with Crippen LogP contribution in [0.5, 0.6) is 0 Å². The van der Waals surface area contributed by atoms with E-state index in [4.69, 9.17) is 5.10 Å². The summed E-state index contributed by atoms with van der Waals surface area (Å²) in [5.74, 6) is 0.585. The molecule has 0 fully saturated rings. The van der Waals surface area contributed by atoms with Gasteiger partial charge in [0.15, 0.2) is 0 Å². The maximum absolute atomic E-state index is 12.2. The highest BCUT2D eigenvalue weighted by atomic mass is 16.1. The fourth-order valence-corrected chi connectivity index (χ4v) is 2.70. The van der Waals surface area contributed by atoms with Crippen molar-refractivity contribution in [3.8, 4) is 5.69 Å². The average molecular weight is 348 g/mol. The number of anilines is 1. The van der Waals surface area contributed by atoms with E-state index >= 15 is 0 Å². The van der Waals surface area contributed by atoms with Crippen molar-refractivity contribution in [3.63, 3.8) is 0 Å². The largest absolute Gasteiger partial charge is 0.322 e. The lowest BCUT2D eigenvalue weighted by Gasteiger charge is -2.11. The van der Waals surface area contributed by atoms with E-state index in [9.17, 15) is 4.79 Å². The molecule has 1 N–H and O–H groups in total. The van der Waals surface area contributed by atoms with Crippen LogP contribution in [0.4, 0.5) is 5.69 Å². The van der Waals surface area contributed by atoms with Crippen LogP contribution in [-0.4, -0.2) is 20.7 Å². The summed E-state index contributed by atoms with van der Waals surface area (Å²) in [6.45, 7) is 8.63. The second-order valence-electron chi connectivity index (χ2n) is 6.96. The van der Waals surface area contributed by atoms with Gasteiger partial charge in [0.25, 0.3) is 5.91 Å². The number of pyridine rings is 1. The van der Waals surface area contributed by atoms with E-state index in [1.807, 2.05) is 28.9 Å². The molecule has 26 heavy (non-hydrogen) atoms. The maximum atomic E-state index is 12.2. The van der Waals surface area contributed by atoms with E-state index in [0.717, 1.165) is 17.1 Å². The number of nitrogens with zero attached hydrogens (tertiary/aromatic N) is 3. The van der Waals surface area contributed by atoms with E-state index in [2.05, 4.69) is 44.1 Å². The lowest BCUT2D eigenvalue weighted by atomic mass is 10.1. The molecule has 0 atom stereocenters. The molecule has 1 aromatic carbocycles. The number of benzene rings is 1. The number of hydrogen-bond acceptors (Lipinski definition) is 3. The molecule has 3 aromatic rings. The van der Waals surface area contributed by atoms with Crippen LogP contribution in [0.3, 0.4) is 0 Å². The lowest BCUT2D eigenvalue weighted by molar-refractivity contribution is 0.102. The second kappa shape index (κ2) is 7.52. The highest BCUT2D eigenvalue weighted by Crippen LogP contribution is 2.24. The topological polar surface area (TPSA) is 59.8 Å². The van der Waals surface area contributed by atoms with E-state index in [0.29, 0.717) is 17.4 Å². The van der Waals surface area contributed by atoms with Crippen molar-refractivity contribution in [3.05, 3.63) is 71.8 Å². The Balaban J connectivity index is 1.83. The molecule has 0 radical (unpaired) electrons. The monoisotopic (exact) mass is 348 g/mol.